The second-order valence-electron chi connectivity index (χ2n) is 6.54. The van der Waals surface area contributed by atoms with Crippen LogP contribution in [0.5, 0.6) is 0 Å². The van der Waals surface area contributed by atoms with Crippen LogP contribution in [-0.2, 0) is 30.2 Å². The molecule has 1 aliphatic heterocycles. The van der Waals surface area contributed by atoms with E-state index in [1.54, 1.807) is 6.92 Å². The Morgan fingerprint density at radius 2 is 1.86 bits per heavy atom. The molecule has 0 saturated carbocycles. The van der Waals surface area contributed by atoms with Crippen molar-refractivity contribution < 1.29 is 23.8 Å². The smallest absolute Gasteiger partial charge is 0.338 e. The summed E-state index contributed by atoms with van der Waals surface area (Å²) in [7, 11) is 0. The maximum atomic E-state index is 12.8. The summed E-state index contributed by atoms with van der Waals surface area (Å²) >= 11 is 0. The fourth-order valence-corrected chi connectivity index (χ4v) is 2.89. The molecule has 0 unspecified atom stereocenters. The summed E-state index contributed by atoms with van der Waals surface area (Å²) in [6, 6.07) is 9.62. The van der Waals surface area contributed by atoms with Gasteiger partial charge in [-0.3, -0.25) is 0 Å². The van der Waals surface area contributed by atoms with Crippen molar-refractivity contribution in [2.45, 2.75) is 33.1 Å². The Morgan fingerprint density at radius 3 is 2.41 bits per heavy atom. The third kappa shape index (κ3) is 5.05. The number of nitrogens with zero attached hydrogens (tertiary/aromatic N) is 1. The van der Waals surface area contributed by atoms with E-state index in [4.69, 9.17) is 19.9 Å². The SMILES string of the molecule is C=C(C)C(=O)OCCOC(=O)C1=C(C)OC(N)=C(C#N)[C@H]1c1ccc(CC)cc1. The van der Waals surface area contributed by atoms with Gasteiger partial charge in [-0.05, 0) is 31.4 Å². The van der Waals surface area contributed by atoms with Gasteiger partial charge in [-0.2, -0.15) is 5.26 Å². The van der Waals surface area contributed by atoms with Gasteiger partial charge in [-0.25, -0.2) is 9.59 Å². The molecule has 0 fully saturated rings. The number of nitrogens with two attached hydrogens (primary N) is 1. The maximum Gasteiger partial charge on any atom is 0.338 e. The molecular weight excluding hydrogens is 372 g/mol. The second-order valence-corrected chi connectivity index (χ2v) is 6.54. The number of carbonyl (C=O) groups excluding carboxylic acids is 2. The molecule has 29 heavy (non-hydrogen) atoms. The molecule has 1 aromatic carbocycles. The lowest BCUT2D eigenvalue weighted by molar-refractivity contribution is -0.147. The predicted molar refractivity (Wildman–Crippen MR) is 106 cm³/mol. The third-order valence-electron chi connectivity index (χ3n) is 4.44. The molecule has 0 bridgehead atoms. The first-order valence-corrected chi connectivity index (χ1v) is 9.17. The number of nitriles is 1. The molecule has 0 amide bonds. The van der Waals surface area contributed by atoms with Crippen LogP contribution in [0, 0.1) is 11.3 Å². The summed E-state index contributed by atoms with van der Waals surface area (Å²) in [6.45, 7) is 8.38. The minimum absolute atomic E-state index is 0.0403. The van der Waals surface area contributed by atoms with Crippen molar-refractivity contribution in [2.75, 3.05) is 13.2 Å². The second kappa shape index (κ2) is 9.60. The number of allylic oxidation sites excluding steroid dienone is 2. The molecule has 0 aromatic heterocycles. The molecule has 2 rings (SSSR count). The molecule has 0 saturated heterocycles. The van der Waals surface area contributed by atoms with E-state index in [2.05, 4.69) is 6.58 Å². The van der Waals surface area contributed by atoms with Crippen LogP contribution in [-0.4, -0.2) is 25.2 Å². The average Bonchev–Trinajstić information content (AvgIpc) is 2.70. The summed E-state index contributed by atoms with van der Waals surface area (Å²) in [5.41, 5.74) is 8.33. The summed E-state index contributed by atoms with van der Waals surface area (Å²) < 4.78 is 15.6. The van der Waals surface area contributed by atoms with Gasteiger partial charge in [-0.15, -0.1) is 0 Å². The van der Waals surface area contributed by atoms with Crippen molar-refractivity contribution in [2.24, 2.45) is 5.73 Å². The van der Waals surface area contributed by atoms with Crippen LogP contribution < -0.4 is 5.73 Å². The highest BCUT2D eigenvalue weighted by molar-refractivity contribution is 5.92. The summed E-state index contributed by atoms with van der Waals surface area (Å²) in [6.07, 6.45) is 0.865. The largest absolute Gasteiger partial charge is 0.459 e. The third-order valence-corrected chi connectivity index (χ3v) is 4.44. The summed E-state index contributed by atoms with van der Waals surface area (Å²) in [4.78, 5) is 24.2. The Hall–Kier alpha value is -3.53. The fourth-order valence-electron chi connectivity index (χ4n) is 2.89. The van der Waals surface area contributed by atoms with Gasteiger partial charge in [0, 0.05) is 5.57 Å². The van der Waals surface area contributed by atoms with Crippen LogP contribution >= 0.6 is 0 Å². The highest BCUT2D eigenvalue weighted by Crippen LogP contribution is 2.39. The van der Waals surface area contributed by atoms with Crippen LogP contribution in [0.25, 0.3) is 0 Å². The standard InChI is InChI=1S/C22H24N2O5/c1-5-15-6-8-16(9-7-15)19-17(12-23)20(24)29-14(4)18(19)22(26)28-11-10-27-21(25)13(2)3/h6-9,19H,2,5,10-11,24H2,1,3-4H3/t19-/m1/s1. The van der Waals surface area contributed by atoms with Crippen molar-refractivity contribution >= 4 is 11.9 Å². The van der Waals surface area contributed by atoms with E-state index in [-0.39, 0.29) is 41.6 Å². The van der Waals surface area contributed by atoms with E-state index >= 15 is 0 Å². The highest BCUT2D eigenvalue weighted by Gasteiger charge is 2.36. The van der Waals surface area contributed by atoms with Crippen LogP contribution in [0.2, 0.25) is 0 Å². The lowest BCUT2D eigenvalue weighted by atomic mass is 9.83. The van der Waals surface area contributed by atoms with Crippen LogP contribution in [0.15, 0.2) is 59.2 Å². The van der Waals surface area contributed by atoms with Crippen molar-refractivity contribution in [3.63, 3.8) is 0 Å². The van der Waals surface area contributed by atoms with Crippen LogP contribution in [0.4, 0.5) is 0 Å². The Balaban J connectivity index is 2.25. The molecule has 1 atom stereocenters. The minimum atomic E-state index is -0.704. The normalized spacial score (nSPS) is 16.0. The first kappa shape index (κ1) is 21.8. The van der Waals surface area contributed by atoms with Gasteiger partial charge in [-0.1, -0.05) is 37.8 Å². The number of benzene rings is 1. The lowest BCUT2D eigenvalue weighted by Crippen LogP contribution is -2.26. The number of rotatable bonds is 7. The molecule has 0 radical (unpaired) electrons. The summed E-state index contributed by atoms with van der Waals surface area (Å²) in [5, 5.41) is 9.60. The molecular formula is C22H24N2O5. The van der Waals surface area contributed by atoms with Gasteiger partial charge in [0.05, 0.1) is 11.5 Å². The average molecular weight is 396 g/mol. The zero-order valence-electron chi connectivity index (χ0n) is 16.8. The lowest BCUT2D eigenvalue weighted by Gasteiger charge is -2.27. The molecule has 0 spiro atoms. The van der Waals surface area contributed by atoms with Crippen LogP contribution in [0.1, 0.15) is 37.8 Å². The molecule has 7 heteroatoms. The van der Waals surface area contributed by atoms with E-state index in [0.717, 1.165) is 17.5 Å². The van der Waals surface area contributed by atoms with Crippen molar-refractivity contribution in [3.05, 3.63) is 70.3 Å². The molecule has 1 heterocycles. The number of aryl methyl sites for hydroxylation is 1. The zero-order chi connectivity index (χ0) is 21.6. The molecule has 0 aliphatic carbocycles. The molecule has 152 valence electrons. The Kier molecular flexibility index (Phi) is 7.21. The number of ether oxygens (including phenoxy) is 3. The number of hydrogen-bond acceptors (Lipinski definition) is 7. The van der Waals surface area contributed by atoms with Crippen molar-refractivity contribution in [1.82, 2.24) is 0 Å². The van der Waals surface area contributed by atoms with Crippen molar-refractivity contribution in [3.8, 4) is 6.07 Å². The minimum Gasteiger partial charge on any atom is -0.459 e. The highest BCUT2D eigenvalue weighted by atomic mass is 16.6. The Labute approximate surface area is 170 Å². The fraction of sp³-hybridized carbons (Fsp3) is 0.318. The van der Waals surface area contributed by atoms with Gasteiger partial charge >= 0.3 is 11.9 Å². The van der Waals surface area contributed by atoms with E-state index in [9.17, 15) is 14.9 Å². The van der Waals surface area contributed by atoms with Crippen molar-refractivity contribution in [1.29, 1.82) is 5.26 Å². The molecule has 1 aliphatic rings. The van der Waals surface area contributed by atoms with E-state index in [1.165, 1.54) is 6.92 Å². The van der Waals surface area contributed by atoms with E-state index < -0.39 is 17.9 Å². The Bertz CT molecular complexity index is 920. The predicted octanol–water partition coefficient (Wildman–Crippen LogP) is 2.99. The number of carbonyl (C=O) groups is 2. The maximum absolute atomic E-state index is 12.8. The number of hydrogen-bond donors (Lipinski definition) is 1. The first-order chi connectivity index (χ1) is 13.8. The summed E-state index contributed by atoms with van der Waals surface area (Å²) in [5.74, 6) is -1.71. The van der Waals surface area contributed by atoms with Gasteiger partial charge in [0.2, 0.25) is 5.88 Å². The van der Waals surface area contributed by atoms with Gasteiger partial charge < -0.3 is 19.9 Å². The van der Waals surface area contributed by atoms with Gasteiger partial charge in [0.15, 0.2) is 0 Å². The monoisotopic (exact) mass is 396 g/mol. The molecule has 2 N–H and O–H groups in total. The number of esters is 2. The molecule has 7 nitrogen and oxygen atoms in total. The molecule has 1 aromatic rings. The first-order valence-electron chi connectivity index (χ1n) is 9.17. The quantitative estimate of drug-likeness (QED) is 0.428. The zero-order valence-corrected chi connectivity index (χ0v) is 16.8. The van der Waals surface area contributed by atoms with E-state index in [0.29, 0.717) is 0 Å². The Morgan fingerprint density at radius 1 is 1.24 bits per heavy atom. The van der Waals surface area contributed by atoms with Crippen LogP contribution in [0.3, 0.4) is 0 Å². The van der Waals surface area contributed by atoms with Gasteiger partial charge in [0.1, 0.15) is 30.6 Å². The van der Waals surface area contributed by atoms with Gasteiger partial charge in [0.25, 0.3) is 0 Å². The van der Waals surface area contributed by atoms with E-state index in [1.807, 2.05) is 37.3 Å². The topological polar surface area (TPSA) is 112 Å².